The van der Waals surface area contributed by atoms with Gasteiger partial charge in [0.1, 0.15) is 0 Å². The van der Waals surface area contributed by atoms with Gasteiger partial charge in [-0.1, -0.05) is 20.8 Å². The van der Waals surface area contributed by atoms with Crippen LogP contribution in [0.4, 0.5) is 0 Å². The maximum Gasteiger partial charge on any atom is 0.0622 e. The highest BCUT2D eigenvalue weighted by atomic mass is 16.5. The molecule has 2 aliphatic rings. The van der Waals surface area contributed by atoms with Gasteiger partial charge in [0.05, 0.1) is 12.7 Å². The van der Waals surface area contributed by atoms with Crippen molar-refractivity contribution in [2.24, 2.45) is 11.8 Å². The average Bonchev–Trinajstić information content (AvgIpc) is 2.53. The molecule has 3 nitrogen and oxygen atoms in total. The van der Waals surface area contributed by atoms with Crippen molar-refractivity contribution in [1.82, 2.24) is 9.80 Å². The van der Waals surface area contributed by atoms with Gasteiger partial charge < -0.3 is 9.64 Å². The Balaban J connectivity index is 1.63. The number of piperidine rings is 2. The van der Waals surface area contributed by atoms with Gasteiger partial charge >= 0.3 is 0 Å². The number of hydrogen-bond donors (Lipinski definition) is 0. The summed E-state index contributed by atoms with van der Waals surface area (Å²) in [5, 5.41) is 0. The highest BCUT2D eigenvalue weighted by Crippen LogP contribution is 2.25. The Kier molecular flexibility index (Phi) is 6.97. The topological polar surface area (TPSA) is 15.7 Å². The minimum Gasteiger partial charge on any atom is -0.377 e. The normalized spacial score (nSPS) is 25.6. The van der Waals surface area contributed by atoms with E-state index in [2.05, 4.69) is 37.5 Å². The molecule has 0 aromatic heterocycles. The lowest BCUT2D eigenvalue weighted by molar-refractivity contribution is -0.0239. The van der Waals surface area contributed by atoms with Gasteiger partial charge in [-0.05, 0) is 64.1 Å². The van der Waals surface area contributed by atoms with E-state index >= 15 is 0 Å². The number of ether oxygens (including phenoxy) is 1. The van der Waals surface area contributed by atoms with Crippen molar-refractivity contribution in [3.05, 3.63) is 0 Å². The van der Waals surface area contributed by atoms with Gasteiger partial charge in [-0.25, -0.2) is 0 Å². The summed E-state index contributed by atoms with van der Waals surface area (Å²) in [5.74, 6) is 1.79. The number of likely N-dealkylation sites (tertiary alicyclic amines) is 2. The molecule has 2 saturated heterocycles. The Morgan fingerprint density at radius 1 is 0.952 bits per heavy atom. The third-order valence-corrected chi connectivity index (χ3v) is 5.70. The van der Waals surface area contributed by atoms with Gasteiger partial charge in [0, 0.05) is 19.1 Å². The summed E-state index contributed by atoms with van der Waals surface area (Å²) in [5.41, 5.74) is 0. The van der Waals surface area contributed by atoms with E-state index in [1.54, 1.807) is 0 Å². The molecule has 2 rings (SSSR count). The van der Waals surface area contributed by atoms with Gasteiger partial charge in [-0.3, -0.25) is 4.90 Å². The lowest BCUT2D eigenvalue weighted by Crippen LogP contribution is -2.44. The van der Waals surface area contributed by atoms with Crippen molar-refractivity contribution >= 4 is 0 Å². The fourth-order valence-electron chi connectivity index (χ4n) is 3.80. The van der Waals surface area contributed by atoms with Crippen LogP contribution in [-0.4, -0.2) is 61.3 Å². The van der Waals surface area contributed by atoms with E-state index < -0.39 is 0 Å². The van der Waals surface area contributed by atoms with Crippen molar-refractivity contribution < 1.29 is 4.74 Å². The van der Waals surface area contributed by atoms with Crippen LogP contribution in [0.2, 0.25) is 0 Å². The Bertz CT molecular complexity index is 279. The molecule has 0 spiro atoms. The standard InChI is InChI=1S/C18H36N2O/c1-5-19-10-8-18(9-11-19)21-14-16(4)20-12-6-17(7-13-20)15(2)3/h15-18H,5-14H2,1-4H3. The molecule has 1 atom stereocenters. The van der Waals surface area contributed by atoms with E-state index in [-0.39, 0.29) is 0 Å². The Hall–Kier alpha value is -0.120. The van der Waals surface area contributed by atoms with Gasteiger partial charge in [-0.2, -0.15) is 0 Å². The molecule has 2 fully saturated rings. The lowest BCUT2D eigenvalue weighted by atomic mass is 9.86. The fraction of sp³-hybridized carbons (Fsp3) is 1.00. The Morgan fingerprint density at radius 2 is 1.57 bits per heavy atom. The molecule has 0 aromatic carbocycles. The van der Waals surface area contributed by atoms with Crippen molar-refractivity contribution in [1.29, 1.82) is 0 Å². The summed E-state index contributed by atoms with van der Waals surface area (Å²) < 4.78 is 6.20. The van der Waals surface area contributed by atoms with E-state index in [4.69, 9.17) is 4.74 Å². The summed E-state index contributed by atoms with van der Waals surface area (Å²) in [6.07, 6.45) is 5.68. The SMILES string of the molecule is CCN1CCC(OCC(C)N2CCC(C(C)C)CC2)CC1. The molecule has 124 valence electrons. The van der Waals surface area contributed by atoms with Crippen LogP contribution in [-0.2, 0) is 4.74 Å². The van der Waals surface area contributed by atoms with Crippen LogP contribution in [0.25, 0.3) is 0 Å². The third-order valence-electron chi connectivity index (χ3n) is 5.70. The number of nitrogens with zero attached hydrogens (tertiary/aromatic N) is 2. The van der Waals surface area contributed by atoms with Crippen molar-refractivity contribution in [3.63, 3.8) is 0 Å². The summed E-state index contributed by atoms with van der Waals surface area (Å²) >= 11 is 0. The minimum absolute atomic E-state index is 0.503. The molecular weight excluding hydrogens is 260 g/mol. The molecule has 2 heterocycles. The molecule has 0 N–H and O–H groups in total. The molecule has 0 aliphatic carbocycles. The van der Waals surface area contributed by atoms with Crippen LogP contribution in [0.5, 0.6) is 0 Å². The van der Waals surface area contributed by atoms with Crippen molar-refractivity contribution in [2.75, 3.05) is 39.3 Å². The smallest absolute Gasteiger partial charge is 0.0622 e. The van der Waals surface area contributed by atoms with E-state index in [9.17, 15) is 0 Å². The fourth-order valence-corrected chi connectivity index (χ4v) is 3.80. The number of rotatable bonds is 6. The molecule has 1 unspecified atom stereocenters. The predicted octanol–water partition coefficient (Wildman–Crippen LogP) is 3.24. The van der Waals surface area contributed by atoms with Crippen LogP contribution in [0.1, 0.15) is 53.4 Å². The van der Waals surface area contributed by atoms with Gasteiger partial charge in [-0.15, -0.1) is 0 Å². The van der Waals surface area contributed by atoms with Crippen molar-refractivity contribution in [3.8, 4) is 0 Å². The Morgan fingerprint density at radius 3 is 2.10 bits per heavy atom. The molecule has 0 saturated carbocycles. The first-order chi connectivity index (χ1) is 10.1. The maximum absolute atomic E-state index is 6.20. The zero-order valence-electron chi connectivity index (χ0n) is 14.7. The van der Waals surface area contributed by atoms with Crippen LogP contribution < -0.4 is 0 Å². The van der Waals surface area contributed by atoms with E-state index in [0.717, 1.165) is 18.4 Å². The zero-order valence-corrected chi connectivity index (χ0v) is 14.7. The molecular formula is C18H36N2O. The summed E-state index contributed by atoms with van der Waals surface area (Å²) in [7, 11) is 0. The first-order valence-corrected chi connectivity index (χ1v) is 9.18. The molecule has 0 radical (unpaired) electrons. The largest absolute Gasteiger partial charge is 0.377 e. The van der Waals surface area contributed by atoms with E-state index in [1.807, 2.05) is 0 Å². The molecule has 3 heteroatoms. The molecule has 0 bridgehead atoms. The van der Waals surface area contributed by atoms with Crippen molar-refractivity contribution in [2.45, 2.75) is 65.5 Å². The van der Waals surface area contributed by atoms with Gasteiger partial charge in [0.15, 0.2) is 0 Å². The second kappa shape index (κ2) is 8.50. The van der Waals surface area contributed by atoms with E-state index in [0.29, 0.717) is 12.1 Å². The highest BCUT2D eigenvalue weighted by Gasteiger charge is 2.25. The first-order valence-electron chi connectivity index (χ1n) is 9.18. The van der Waals surface area contributed by atoms with E-state index in [1.165, 1.54) is 58.4 Å². The summed E-state index contributed by atoms with van der Waals surface area (Å²) in [6, 6.07) is 0.585. The third kappa shape index (κ3) is 5.22. The average molecular weight is 296 g/mol. The van der Waals surface area contributed by atoms with Crippen LogP contribution in [0.15, 0.2) is 0 Å². The quantitative estimate of drug-likeness (QED) is 0.748. The Labute approximate surface area is 132 Å². The second-order valence-corrected chi connectivity index (χ2v) is 7.43. The zero-order chi connectivity index (χ0) is 15.2. The molecule has 0 amide bonds. The maximum atomic E-state index is 6.20. The molecule has 21 heavy (non-hydrogen) atoms. The predicted molar refractivity (Wildman–Crippen MR) is 89.7 cm³/mol. The van der Waals surface area contributed by atoms with Gasteiger partial charge in [0.2, 0.25) is 0 Å². The van der Waals surface area contributed by atoms with Crippen LogP contribution in [0.3, 0.4) is 0 Å². The molecule has 0 aromatic rings. The highest BCUT2D eigenvalue weighted by molar-refractivity contribution is 4.78. The molecule has 2 aliphatic heterocycles. The summed E-state index contributed by atoms with van der Waals surface area (Å²) in [4.78, 5) is 5.17. The minimum atomic E-state index is 0.503. The first kappa shape index (κ1) is 17.2. The lowest BCUT2D eigenvalue weighted by Gasteiger charge is -2.38. The van der Waals surface area contributed by atoms with Crippen LogP contribution >= 0.6 is 0 Å². The monoisotopic (exact) mass is 296 g/mol. The second-order valence-electron chi connectivity index (χ2n) is 7.43. The van der Waals surface area contributed by atoms with Crippen LogP contribution in [0, 0.1) is 11.8 Å². The number of hydrogen-bond acceptors (Lipinski definition) is 3. The summed E-state index contributed by atoms with van der Waals surface area (Å²) in [6.45, 7) is 16.4. The van der Waals surface area contributed by atoms with Gasteiger partial charge in [0.25, 0.3) is 0 Å².